The summed E-state index contributed by atoms with van der Waals surface area (Å²) in [4.78, 5) is 16.4. The molecule has 0 saturated heterocycles. The van der Waals surface area contributed by atoms with Crippen LogP contribution in [0.3, 0.4) is 0 Å². The number of aromatic amines is 1. The quantitative estimate of drug-likeness (QED) is 0.691. The van der Waals surface area contributed by atoms with E-state index >= 15 is 0 Å². The summed E-state index contributed by atoms with van der Waals surface area (Å²) in [5, 5.41) is 0. The molecule has 0 atom stereocenters. The minimum absolute atomic E-state index is 0.730. The molecule has 1 aromatic carbocycles. The molecule has 0 unspecified atom stereocenters. The molecule has 4 nitrogen and oxygen atoms in total. The van der Waals surface area contributed by atoms with Crippen LogP contribution in [0, 0.1) is 13.8 Å². The molecule has 17 heavy (non-hydrogen) atoms. The summed E-state index contributed by atoms with van der Waals surface area (Å²) in [6, 6.07) is 10.1. The van der Waals surface area contributed by atoms with Gasteiger partial charge >= 0.3 is 0 Å². The molecule has 0 aliphatic heterocycles. The van der Waals surface area contributed by atoms with E-state index in [9.17, 15) is 0 Å². The molecule has 0 amide bonds. The van der Waals surface area contributed by atoms with Gasteiger partial charge in [-0.3, -0.25) is 0 Å². The molecule has 0 radical (unpaired) electrons. The lowest BCUT2D eigenvalue weighted by Crippen LogP contribution is -1.93. The highest BCUT2D eigenvalue weighted by molar-refractivity contribution is 5.87. The highest BCUT2D eigenvalue weighted by Gasteiger charge is 2.10. The molecule has 2 aromatic heterocycles. The second-order valence-corrected chi connectivity index (χ2v) is 4.01. The summed E-state index contributed by atoms with van der Waals surface area (Å²) in [5.41, 5.74) is 3.62. The van der Waals surface area contributed by atoms with Crippen molar-refractivity contribution in [2.75, 3.05) is 0 Å². The lowest BCUT2D eigenvalue weighted by molar-refractivity contribution is 1.08. The first-order valence-corrected chi connectivity index (χ1v) is 5.50. The fourth-order valence-electron chi connectivity index (χ4n) is 1.93. The number of hydrogen-bond acceptors (Lipinski definition) is 3. The molecular weight excluding hydrogens is 212 g/mol. The number of benzene rings is 1. The molecule has 0 aliphatic rings. The van der Waals surface area contributed by atoms with Crippen LogP contribution in [0.5, 0.6) is 0 Å². The third kappa shape index (κ3) is 1.67. The van der Waals surface area contributed by atoms with E-state index in [4.69, 9.17) is 0 Å². The number of hydrogen-bond donors (Lipinski definition) is 1. The van der Waals surface area contributed by atoms with Crippen molar-refractivity contribution >= 4 is 11.2 Å². The van der Waals surface area contributed by atoms with E-state index < -0.39 is 0 Å². The normalized spacial score (nSPS) is 10.9. The highest BCUT2D eigenvalue weighted by atomic mass is 15.0. The Hall–Kier alpha value is -2.23. The van der Waals surface area contributed by atoms with Crippen LogP contribution in [0.25, 0.3) is 22.4 Å². The fraction of sp³-hybridized carbons (Fsp3) is 0.154. The fourth-order valence-corrected chi connectivity index (χ4v) is 1.93. The van der Waals surface area contributed by atoms with Gasteiger partial charge in [0.2, 0.25) is 0 Å². The van der Waals surface area contributed by atoms with Crippen LogP contribution >= 0.6 is 0 Å². The molecule has 2 heterocycles. The number of rotatable bonds is 1. The Morgan fingerprint density at radius 2 is 1.71 bits per heavy atom. The van der Waals surface area contributed by atoms with E-state index in [1.54, 1.807) is 0 Å². The van der Waals surface area contributed by atoms with Gasteiger partial charge in [0, 0.05) is 5.56 Å². The Kier molecular flexibility index (Phi) is 2.14. The summed E-state index contributed by atoms with van der Waals surface area (Å²) in [7, 11) is 0. The molecule has 84 valence electrons. The predicted octanol–water partition coefficient (Wildman–Crippen LogP) is 2.64. The van der Waals surface area contributed by atoms with Gasteiger partial charge in [-0.1, -0.05) is 30.3 Å². The molecule has 0 aliphatic carbocycles. The molecule has 3 rings (SSSR count). The van der Waals surface area contributed by atoms with Gasteiger partial charge in [-0.25, -0.2) is 15.0 Å². The summed E-state index contributed by atoms with van der Waals surface area (Å²) in [6.07, 6.45) is 0. The lowest BCUT2D eigenvalue weighted by Gasteiger charge is -2.02. The van der Waals surface area contributed by atoms with Crippen molar-refractivity contribution in [2.24, 2.45) is 0 Å². The van der Waals surface area contributed by atoms with Crippen LogP contribution in [0.2, 0.25) is 0 Å². The molecular formula is C13H12N4. The summed E-state index contributed by atoms with van der Waals surface area (Å²) in [6.45, 7) is 3.81. The van der Waals surface area contributed by atoms with E-state index in [1.807, 2.05) is 44.2 Å². The van der Waals surface area contributed by atoms with Crippen molar-refractivity contribution in [2.45, 2.75) is 13.8 Å². The first-order chi connectivity index (χ1) is 8.24. The first kappa shape index (κ1) is 9.96. The Morgan fingerprint density at radius 3 is 2.47 bits per heavy atom. The number of H-pyrrole nitrogens is 1. The molecule has 0 fully saturated rings. The Labute approximate surface area is 98.8 Å². The van der Waals surface area contributed by atoms with Crippen LogP contribution in [0.4, 0.5) is 0 Å². The van der Waals surface area contributed by atoms with Crippen LogP contribution in [0.15, 0.2) is 30.3 Å². The van der Waals surface area contributed by atoms with Gasteiger partial charge in [0.15, 0.2) is 5.65 Å². The van der Waals surface area contributed by atoms with Crippen LogP contribution in [-0.4, -0.2) is 19.9 Å². The number of aromatic nitrogens is 4. The van der Waals surface area contributed by atoms with Crippen molar-refractivity contribution in [1.29, 1.82) is 0 Å². The summed E-state index contributed by atoms with van der Waals surface area (Å²) < 4.78 is 0. The second-order valence-electron chi connectivity index (χ2n) is 4.01. The van der Waals surface area contributed by atoms with Gasteiger partial charge in [0.05, 0.1) is 5.69 Å². The minimum atomic E-state index is 0.730. The third-order valence-corrected chi connectivity index (χ3v) is 2.63. The zero-order valence-electron chi connectivity index (χ0n) is 9.73. The third-order valence-electron chi connectivity index (χ3n) is 2.63. The largest absolute Gasteiger partial charge is 0.339 e. The van der Waals surface area contributed by atoms with E-state index in [0.717, 1.165) is 34.1 Å². The van der Waals surface area contributed by atoms with Gasteiger partial charge < -0.3 is 4.98 Å². The van der Waals surface area contributed by atoms with Gasteiger partial charge in [0.25, 0.3) is 0 Å². The summed E-state index contributed by atoms with van der Waals surface area (Å²) >= 11 is 0. The Morgan fingerprint density at radius 1 is 0.941 bits per heavy atom. The van der Waals surface area contributed by atoms with Gasteiger partial charge in [-0.05, 0) is 13.8 Å². The van der Waals surface area contributed by atoms with Gasteiger partial charge in [-0.2, -0.15) is 0 Å². The number of nitrogens with zero attached hydrogens (tertiary/aromatic N) is 3. The zero-order valence-corrected chi connectivity index (χ0v) is 9.73. The van der Waals surface area contributed by atoms with E-state index in [1.165, 1.54) is 0 Å². The molecule has 0 bridgehead atoms. The summed E-state index contributed by atoms with van der Waals surface area (Å²) in [5.74, 6) is 1.60. The zero-order chi connectivity index (χ0) is 11.8. The second kappa shape index (κ2) is 3.66. The number of nitrogens with one attached hydrogen (secondary N) is 1. The average molecular weight is 224 g/mol. The first-order valence-electron chi connectivity index (χ1n) is 5.50. The van der Waals surface area contributed by atoms with Gasteiger partial charge in [0.1, 0.15) is 17.2 Å². The van der Waals surface area contributed by atoms with Gasteiger partial charge in [-0.15, -0.1) is 0 Å². The standard InChI is InChI=1S/C13H12N4/c1-8-14-11(10-6-4-3-5-7-10)12-13(16-8)17-9(2)15-12/h3-7H,1-2H3,(H,14,15,16,17). The maximum Gasteiger partial charge on any atom is 0.181 e. The van der Waals surface area contributed by atoms with Crippen LogP contribution in [0.1, 0.15) is 11.6 Å². The molecule has 4 heteroatoms. The van der Waals surface area contributed by atoms with Crippen molar-refractivity contribution in [1.82, 2.24) is 19.9 Å². The maximum atomic E-state index is 4.50. The monoisotopic (exact) mass is 224 g/mol. The average Bonchev–Trinajstić information content (AvgIpc) is 2.69. The molecule has 3 aromatic rings. The Bertz CT molecular complexity index is 670. The number of aryl methyl sites for hydroxylation is 2. The molecule has 0 saturated carbocycles. The molecule has 1 N–H and O–H groups in total. The topological polar surface area (TPSA) is 54.5 Å². The smallest absolute Gasteiger partial charge is 0.181 e. The maximum absolute atomic E-state index is 4.50. The van der Waals surface area contributed by atoms with Crippen molar-refractivity contribution in [3.05, 3.63) is 42.0 Å². The molecule has 0 spiro atoms. The van der Waals surface area contributed by atoms with Crippen molar-refractivity contribution in [3.8, 4) is 11.3 Å². The SMILES string of the molecule is Cc1nc(-c2ccccc2)c2[nH]c(C)nc2n1. The Balaban J connectivity index is 2.35. The van der Waals surface area contributed by atoms with Crippen molar-refractivity contribution in [3.63, 3.8) is 0 Å². The van der Waals surface area contributed by atoms with E-state index in [-0.39, 0.29) is 0 Å². The highest BCUT2D eigenvalue weighted by Crippen LogP contribution is 2.24. The van der Waals surface area contributed by atoms with E-state index in [0.29, 0.717) is 0 Å². The minimum Gasteiger partial charge on any atom is -0.339 e. The lowest BCUT2D eigenvalue weighted by atomic mass is 10.1. The van der Waals surface area contributed by atoms with Crippen LogP contribution in [-0.2, 0) is 0 Å². The number of fused-ring (bicyclic) bond motifs is 1. The predicted molar refractivity (Wildman–Crippen MR) is 66.6 cm³/mol. The van der Waals surface area contributed by atoms with Crippen molar-refractivity contribution < 1.29 is 0 Å². The number of imidazole rings is 1. The van der Waals surface area contributed by atoms with E-state index in [2.05, 4.69) is 19.9 Å². The van der Waals surface area contributed by atoms with Crippen LogP contribution < -0.4 is 0 Å².